The van der Waals surface area contributed by atoms with Gasteiger partial charge in [-0.15, -0.1) is 0 Å². The Labute approximate surface area is 122 Å². The number of ether oxygens (including phenoxy) is 1. The Bertz CT molecular complexity index is 397. The summed E-state index contributed by atoms with van der Waals surface area (Å²) in [5.74, 6) is 1.95. The molecule has 0 heterocycles. The first kappa shape index (κ1) is 14.2. The van der Waals surface area contributed by atoms with Crippen molar-refractivity contribution in [1.29, 1.82) is 0 Å². The van der Waals surface area contributed by atoms with Gasteiger partial charge in [-0.1, -0.05) is 13.8 Å². The summed E-state index contributed by atoms with van der Waals surface area (Å²) in [5, 5.41) is 7.14. The third kappa shape index (κ3) is 2.43. The molecule has 0 aromatic rings. The maximum Gasteiger partial charge on any atom is 0.191 e. The zero-order valence-electron chi connectivity index (χ0n) is 13.3. The molecule has 3 rings (SSSR count). The third-order valence-corrected chi connectivity index (χ3v) is 5.94. The lowest BCUT2D eigenvalue weighted by Gasteiger charge is -2.51. The van der Waals surface area contributed by atoms with Gasteiger partial charge in [-0.2, -0.15) is 0 Å². The van der Waals surface area contributed by atoms with Crippen molar-refractivity contribution in [1.82, 2.24) is 10.6 Å². The normalized spacial score (nSPS) is 34.3. The molecular weight excluding hydrogens is 250 g/mol. The Morgan fingerprint density at radius 3 is 2.45 bits per heavy atom. The Hall–Kier alpha value is -0.770. The minimum atomic E-state index is 0.181. The fraction of sp³-hybridized carbons (Fsp3) is 0.938. The van der Waals surface area contributed by atoms with Crippen LogP contribution in [-0.2, 0) is 4.74 Å². The van der Waals surface area contributed by atoms with Crippen LogP contribution in [0.2, 0.25) is 0 Å². The second-order valence-electron chi connectivity index (χ2n) is 7.54. The predicted molar refractivity (Wildman–Crippen MR) is 81.9 cm³/mol. The molecule has 20 heavy (non-hydrogen) atoms. The quantitative estimate of drug-likeness (QED) is 0.599. The topological polar surface area (TPSA) is 45.7 Å². The summed E-state index contributed by atoms with van der Waals surface area (Å²) < 4.78 is 5.51. The number of rotatable bonds is 5. The van der Waals surface area contributed by atoms with Crippen LogP contribution in [0.25, 0.3) is 0 Å². The molecule has 0 radical (unpaired) electrons. The van der Waals surface area contributed by atoms with E-state index in [0.717, 1.165) is 24.8 Å². The van der Waals surface area contributed by atoms with Crippen molar-refractivity contribution >= 4 is 5.96 Å². The van der Waals surface area contributed by atoms with Crippen molar-refractivity contribution in [2.24, 2.45) is 21.7 Å². The van der Waals surface area contributed by atoms with Crippen LogP contribution in [0, 0.1) is 16.7 Å². The van der Waals surface area contributed by atoms with Gasteiger partial charge < -0.3 is 15.4 Å². The van der Waals surface area contributed by atoms with Crippen LogP contribution in [0.4, 0.5) is 0 Å². The molecule has 2 atom stereocenters. The van der Waals surface area contributed by atoms with E-state index in [1.54, 1.807) is 0 Å². The fourth-order valence-corrected chi connectivity index (χ4v) is 3.74. The van der Waals surface area contributed by atoms with Gasteiger partial charge in [0.2, 0.25) is 0 Å². The second kappa shape index (κ2) is 4.90. The number of aliphatic imine (C=N–C) groups is 1. The molecule has 0 aliphatic heterocycles. The number of hydrogen-bond acceptors (Lipinski definition) is 2. The number of guanidine groups is 1. The first-order chi connectivity index (χ1) is 9.52. The highest BCUT2D eigenvalue weighted by molar-refractivity contribution is 5.80. The lowest BCUT2D eigenvalue weighted by molar-refractivity contribution is -0.0922. The molecule has 0 saturated heterocycles. The molecule has 0 amide bonds. The van der Waals surface area contributed by atoms with Gasteiger partial charge >= 0.3 is 0 Å². The number of nitrogens with one attached hydrogen (secondary N) is 2. The van der Waals surface area contributed by atoms with E-state index in [4.69, 9.17) is 4.74 Å². The molecule has 3 aliphatic rings. The zero-order valence-corrected chi connectivity index (χ0v) is 13.3. The maximum absolute atomic E-state index is 5.51. The summed E-state index contributed by atoms with van der Waals surface area (Å²) in [6.07, 6.45) is 7.12. The molecule has 3 aliphatic carbocycles. The third-order valence-electron chi connectivity index (χ3n) is 5.94. The van der Waals surface area contributed by atoms with Crippen LogP contribution in [0.15, 0.2) is 4.99 Å². The average molecular weight is 279 g/mol. The summed E-state index contributed by atoms with van der Waals surface area (Å²) in [6, 6.07) is 0.453. The Morgan fingerprint density at radius 1 is 1.30 bits per heavy atom. The molecule has 3 fully saturated rings. The van der Waals surface area contributed by atoms with E-state index in [0.29, 0.717) is 17.6 Å². The molecule has 0 aromatic heterocycles. The Kier molecular flexibility index (Phi) is 3.47. The first-order valence-electron chi connectivity index (χ1n) is 8.02. The van der Waals surface area contributed by atoms with Crippen molar-refractivity contribution in [3.05, 3.63) is 0 Å². The average Bonchev–Trinajstić information content (AvgIpc) is 3.28. The largest absolute Gasteiger partial charge is 0.381 e. The van der Waals surface area contributed by atoms with Gasteiger partial charge in [-0.05, 0) is 43.4 Å². The fourth-order valence-electron chi connectivity index (χ4n) is 3.74. The summed E-state index contributed by atoms with van der Waals surface area (Å²) >= 11 is 0. The molecule has 0 spiro atoms. The van der Waals surface area contributed by atoms with E-state index in [1.807, 2.05) is 14.2 Å². The first-order valence-corrected chi connectivity index (χ1v) is 8.02. The molecule has 114 valence electrons. The lowest BCUT2D eigenvalue weighted by Crippen LogP contribution is -2.63. The monoisotopic (exact) mass is 279 g/mol. The van der Waals surface area contributed by atoms with Crippen molar-refractivity contribution < 1.29 is 4.74 Å². The van der Waals surface area contributed by atoms with Crippen LogP contribution in [0.1, 0.15) is 46.0 Å². The van der Waals surface area contributed by atoms with Crippen LogP contribution in [0.3, 0.4) is 0 Å². The van der Waals surface area contributed by atoms with Crippen LogP contribution in [-0.4, -0.2) is 38.8 Å². The van der Waals surface area contributed by atoms with Crippen LogP contribution in [0.5, 0.6) is 0 Å². The molecule has 0 bridgehead atoms. The summed E-state index contributed by atoms with van der Waals surface area (Å²) in [6.45, 7) is 5.63. The highest BCUT2D eigenvalue weighted by Gasteiger charge is 2.53. The van der Waals surface area contributed by atoms with Crippen molar-refractivity contribution in [2.75, 3.05) is 20.7 Å². The Morgan fingerprint density at radius 2 is 2.00 bits per heavy atom. The van der Waals surface area contributed by atoms with Gasteiger partial charge in [-0.3, -0.25) is 4.99 Å². The minimum Gasteiger partial charge on any atom is -0.381 e. The molecule has 2 N–H and O–H groups in total. The smallest absolute Gasteiger partial charge is 0.191 e. The highest BCUT2D eigenvalue weighted by atomic mass is 16.5. The van der Waals surface area contributed by atoms with E-state index >= 15 is 0 Å². The standard InChI is InChI=1S/C16H29N3O/c1-15(2)12(9-13(15)20-4)19-14(17-3)18-10-16(7-8-16)11-5-6-11/h11-13H,5-10H2,1-4H3,(H2,17,18,19). The van der Waals surface area contributed by atoms with Crippen molar-refractivity contribution in [3.63, 3.8) is 0 Å². The number of nitrogens with zero attached hydrogens (tertiary/aromatic N) is 1. The van der Waals surface area contributed by atoms with Crippen LogP contribution < -0.4 is 10.6 Å². The molecule has 4 nitrogen and oxygen atoms in total. The maximum atomic E-state index is 5.51. The number of methoxy groups -OCH3 is 1. The zero-order chi connectivity index (χ0) is 14.4. The van der Waals surface area contributed by atoms with Crippen molar-refractivity contribution in [3.8, 4) is 0 Å². The van der Waals surface area contributed by atoms with Crippen molar-refractivity contribution in [2.45, 2.75) is 58.1 Å². The summed E-state index contributed by atoms with van der Waals surface area (Å²) in [4.78, 5) is 4.39. The second-order valence-corrected chi connectivity index (χ2v) is 7.54. The highest BCUT2D eigenvalue weighted by Crippen LogP contribution is 2.60. The summed E-state index contributed by atoms with van der Waals surface area (Å²) in [7, 11) is 3.67. The molecule has 0 aromatic carbocycles. The Balaban J connectivity index is 1.49. The lowest BCUT2D eigenvalue weighted by atomic mass is 9.64. The van der Waals surface area contributed by atoms with Gasteiger partial charge in [0.25, 0.3) is 0 Å². The molecular formula is C16H29N3O. The molecule has 4 heteroatoms. The predicted octanol–water partition coefficient (Wildman–Crippen LogP) is 2.16. The van der Waals surface area contributed by atoms with Gasteiger partial charge in [0.1, 0.15) is 0 Å². The van der Waals surface area contributed by atoms with E-state index in [9.17, 15) is 0 Å². The SMILES string of the molecule is CN=C(NCC1(C2CC2)CC1)NC1CC(OC)C1(C)C. The molecule has 3 saturated carbocycles. The van der Waals surface area contributed by atoms with E-state index in [1.165, 1.54) is 25.7 Å². The van der Waals surface area contributed by atoms with Gasteiger partial charge in [0, 0.05) is 32.2 Å². The van der Waals surface area contributed by atoms with E-state index in [-0.39, 0.29) is 5.41 Å². The van der Waals surface area contributed by atoms with Gasteiger partial charge in [0.15, 0.2) is 5.96 Å². The minimum absolute atomic E-state index is 0.181. The number of hydrogen-bond donors (Lipinski definition) is 2. The summed E-state index contributed by atoms with van der Waals surface area (Å²) in [5.41, 5.74) is 0.794. The van der Waals surface area contributed by atoms with E-state index in [2.05, 4.69) is 29.5 Å². The van der Waals surface area contributed by atoms with Gasteiger partial charge in [-0.25, -0.2) is 0 Å². The van der Waals surface area contributed by atoms with Crippen LogP contribution >= 0.6 is 0 Å². The molecule has 2 unspecified atom stereocenters. The van der Waals surface area contributed by atoms with Gasteiger partial charge in [0.05, 0.1) is 6.10 Å². The van der Waals surface area contributed by atoms with E-state index < -0.39 is 0 Å².